The predicted molar refractivity (Wildman–Crippen MR) is 149 cm³/mol. The van der Waals surface area contributed by atoms with Gasteiger partial charge in [0.15, 0.2) is 0 Å². The summed E-state index contributed by atoms with van der Waals surface area (Å²) in [5.74, 6) is -0.0456. The summed E-state index contributed by atoms with van der Waals surface area (Å²) < 4.78 is 2.09. The van der Waals surface area contributed by atoms with E-state index in [4.69, 9.17) is 0 Å². The second-order valence-electron chi connectivity index (χ2n) is 9.30. The van der Waals surface area contributed by atoms with Gasteiger partial charge in [-0.05, 0) is 51.6 Å². The molecule has 6 nitrogen and oxygen atoms in total. The number of H-pyrrole nitrogens is 1. The van der Waals surface area contributed by atoms with Crippen molar-refractivity contribution >= 4 is 22.6 Å². The Balaban J connectivity index is 1.74. The van der Waals surface area contributed by atoms with Crippen LogP contribution in [0.4, 0.5) is 0 Å². The Labute approximate surface area is 223 Å². The van der Waals surface area contributed by atoms with Crippen LogP contribution in [0, 0.1) is 9.49 Å². The Hall–Kier alpha value is -3.01. The third-order valence-corrected chi connectivity index (χ3v) is 7.91. The first-order chi connectivity index (χ1) is 17.5. The lowest BCUT2D eigenvalue weighted by atomic mass is 9.73. The number of aliphatic hydroxyl groups excluding tert-OH is 1. The maximum absolute atomic E-state index is 12.9. The van der Waals surface area contributed by atoms with E-state index in [1.54, 1.807) is 10.8 Å². The van der Waals surface area contributed by atoms with Gasteiger partial charge in [-0.1, -0.05) is 91.0 Å². The fourth-order valence-electron chi connectivity index (χ4n) is 5.60. The second-order valence-corrected chi connectivity index (χ2v) is 10.5. The third kappa shape index (κ3) is 4.47. The molecule has 3 aromatic carbocycles. The number of hydrogen-bond acceptors (Lipinski definition) is 4. The van der Waals surface area contributed by atoms with Crippen LogP contribution in [0.5, 0.6) is 0 Å². The molecule has 0 spiro atoms. The number of halogens is 1. The summed E-state index contributed by atoms with van der Waals surface area (Å²) >= 11 is 1.96. The lowest BCUT2D eigenvalue weighted by molar-refractivity contribution is 0.0373. The molecular formula is C29H28IN3O3. The van der Waals surface area contributed by atoms with Gasteiger partial charge >= 0.3 is 5.69 Å². The van der Waals surface area contributed by atoms with Gasteiger partial charge in [-0.3, -0.25) is 19.2 Å². The number of likely N-dealkylation sites (tertiary alicyclic amines) is 1. The molecule has 2 heterocycles. The summed E-state index contributed by atoms with van der Waals surface area (Å²) in [6.45, 7) is 1.23. The normalized spacial score (nSPS) is 18.7. The molecule has 1 aliphatic heterocycles. The smallest absolute Gasteiger partial charge is 0.328 e. The lowest BCUT2D eigenvalue weighted by Gasteiger charge is -2.50. The number of nitrogens with zero attached hydrogens (tertiary/aromatic N) is 2. The van der Waals surface area contributed by atoms with E-state index in [-0.39, 0.29) is 24.1 Å². The van der Waals surface area contributed by atoms with Crippen molar-refractivity contribution in [1.29, 1.82) is 0 Å². The number of nitrogens with one attached hydrogen (secondary N) is 1. The third-order valence-electron chi connectivity index (χ3n) is 7.14. The number of aromatic nitrogens is 2. The van der Waals surface area contributed by atoms with Crippen LogP contribution in [0.15, 0.2) is 107 Å². The average Bonchev–Trinajstić information content (AvgIpc) is 2.93. The number of piperidine rings is 1. The second kappa shape index (κ2) is 10.5. The Kier molecular flexibility index (Phi) is 7.22. The summed E-state index contributed by atoms with van der Waals surface area (Å²) in [6.07, 6.45) is 2.28. The minimum Gasteiger partial charge on any atom is -0.396 e. The molecule has 0 bridgehead atoms. The SMILES string of the molecule is O=c1[nH]c(=O)n([C@H]2C[C@H](CO)CN(C(c3ccccc3)(c3ccccc3)c3ccccc3)C2)cc1I. The number of aromatic amines is 1. The van der Waals surface area contributed by atoms with Crippen LogP contribution in [-0.2, 0) is 5.54 Å². The van der Waals surface area contributed by atoms with Gasteiger partial charge in [-0.15, -0.1) is 0 Å². The Morgan fingerprint density at radius 3 is 1.81 bits per heavy atom. The minimum atomic E-state index is -0.644. The van der Waals surface area contributed by atoms with Crippen molar-refractivity contribution in [1.82, 2.24) is 14.5 Å². The zero-order valence-electron chi connectivity index (χ0n) is 19.8. The van der Waals surface area contributed by atoms with Crippen molar-refractivity contribution in [2.45, 2.75) is 18.0 Å². The monoisotopic (exact) mass is 593 g/mol. The molecule has 1 aromatic heterocycles. The summed E-state index contributed by atoms with van der Waals surface area (Å²) in [6, 6.07) is 31.0. The Bertz CT molecular complexity index is 1320. The van der Waals surface area contributed by atoms with Gasteiger partial charge in [-0.25, -0.2) is 4.79 Å². The first-order valence-electron chi connectivity index (χ1n) is 12.1. The van der Waals surface area contributed by atoms with Gasteiger partial charge in [-0.2, -0.15) is 0 Å². The van der Waals surface area contributed by atoms with Gasteiger partial charge in [0.25, 0.3) is 5.56 Å². The molecule has 2 N–H and O–H groups in total. The molecule has 2 atom stereocenters. The molecule has 4 aromatic rings. The predicted octanol–water partition coefficient (Wildman–Crippen LogP) is 3.99. The van der Waals surface area contributed by atoms with Crippen molar-refractivity contribution in [2.24, 2.45) is 5.92 Å². The van der Waals surface area contributed by atoms with Crippen molar-refractivity contribution in [3.8, 4) is 0 Å². The van der Waals surface area contributed by atoms with Gasteiger partial charge in [0.1, 0.15) is 0 Å². The number of rotatable bonds is 6. The first-order valence-corrected chi connectivity index (χ1v) is 13.2. The zero-order valence-corrected chi connectivity index (χ0v) is 21.9. The molecule has 1 saturated heterocycles. The van der Waals surface area contributed by atoms with E-state index in [1.807, 2.05) is 40.8 Å². The quantitative estimate of drug-likeness (QED) is 0.262. The number of hydrogen-bond donors (Lipinski definition) is 2. The van der Waals surface area contributed by atoms with E-state index in [1.165, 1.54) is 0 Å². The molecule has 184 valence electrons. The van der Waals surface area contributed by atoms with Crippen LogP contribution < -0.4 is 11.2 Å². The van der Waals surface area contributed by atoms with Crippen molar-refractivity contribution in [2.75, 3.05) is 19.7 Å². The summed E-state index contributed by atoms with van der Waals surface area (Å²) in [4.78, 5) is 29.8. The maximum Gasteiger partial charge on any atom is 0.328 e. The van der Waals surface area contributed by atoms with Gasteiger partial charge < -0.3 is 5.11 Å². The summed E-state index contributed by atoms with van der Waals surface area (Å²) in [7, 11) is 0. The molecule has 1 fully saturated rings. The van der Waals surface area contributed by atoms with Crippen LogP contribution in [0.1, 0.15) is 29.2 Å². The topological polar surface area (TPSA) is 78.3 Å². The van der Waals surface area contributed by atoms with E-state index < -0.39 is 11.2 Å². The standard InChI is InChI=1S/C29H28IN3O3/c30-26-19-33(28(36)31-27(26)35)25-16-21(20-34)17-32(18-25)29(22-10-4-1-5-11-22,23-12-6-2-7-13-23)24-14-8-3-9-15-24/h1-15,19,21,25,34H,16-18,20H2,(H,31,35,36)/t21-,25-/m0/s1. The Morgan fingerprint density at radius 2 is 1.33 bits per heavy atom. The van der Waals surface area contributed by atoms with Crippen LogP contribution in [0.25, 0.3) is 0 Å². The minimum absolute atomic E-state index is 0.0106. The van der Waals surface area contributed by atoms with Crippen LogP contribution in [0.3, 0.4) is 0 Å². The van der Waals surface area contributed by atoms with Crippen molar-refractivity contribution < 1.29 is 5.11 Å². The van der Waals surface area contributed by atoms with E-state index in [0.717, 1.165) is 16.7 Å². The summed E-state index contributed by atoms with van der Waals surface area (Å²) in [5.41, 5.74) is 1.90. The van der Waals surface area contributed by atoms with Gasteiger partial charge in [0, 0.05) is 25.9 Å². The van der Waals surface area contributed by atoms with Crippen LogP contribution in [0.2, 0.25) is 0 Å². The number of aliphatic hydroxyl groups is 1. The van der Waals surface area contributed by atoms with E-state index >= 15 is 0 Å². The molecule has 0 aliphatic carbocycles. The molecule has 1 aliphatic rings. The van der Waals surface area contributed by atoms with Gasteiger partial charge in [0.2, 0.25) is 0 Å². The van der Waals surface area contributed by atoms with Crippen LogP contribution in [-0.4, -0.2) is 39.3 Å². The van der Waals surface area contributed by atoms with Gasteiger partial charge in [0.05, 0.1) is 15.2 Å². The molecule has 7 heteroatoms. The fraction of sp³-hybridized carbons (Fsp3) is 0.241. The van der Waals surface area contributed by atoms with Crippen LogP contribution >= 0.6 is 22.6 Å². The highest BCUT2D eigenvalue weighted by Crippen LogP contribution is 2.45. The van der Waals surface area contributed by atoms with Crippen molar-refractivity contribution in [3.63, 3.8) is 0 Å². The molecule has 5 rings (SSSR count). The van der Waals surface area contributed by atoms with E-state index in [9.17, 15) is 14.7 Å². The first kappa shape index (κ1) is 24.7. The number of benzene rings is 3. The lowest BCUT2D eigenvalue weighted by Crippen LogP contribution is -2.56. The van der Waals surface area contributed by atoms with E-state index in [2.05, 4.69) is 82.7 Å². The molecule has 0 radical (unpaired) electrons. The molecule has 0 unspecified atom stereocenters. The average molecular weight is 593 g/mol. The highest BCUT2D eigenvalue weighted by Gasteiger charge is 2.45. The Morgan fingerprint density at radius 1 is 0.833 bits per heavy atom. The van der Waals surface area contributed by atoms with Crippen molar-refractivity contribution in [3.05, 3.63) is 138 Å². The summed E-state index contributed by atoms with van der Waals surface area (Å²) in [5, 5.41) is 10.3. The highest BCUT2D eigenvalue weighted by atomic mass is 127. The maximum atomic E-state index is 12.9. The highest BCUT2D eigenvalue weighted by molar-refractivity contribution is 14.1. The van der Waals surface area contributed by atoms with E-state index in [0.29, 0.717) is 23.1 Å². The largest absolute Gasteiger partial charge is 0.396 e. The molecule has 0 amide bonds. The molecular weight excluding hydrogens is 565 g/mol. The molecule has 0 saturated carbocycles. The zero-order chi connectivity index (χ0) is 25.1. The molecule has 36 heavy (non-hydrogen) atoms. The fourth-order valence-corrected chi connectivity index (χ4v) is 6.03.